The summed E-state index contributed by atoms with van der Waals surface area (Å²) in [7, 11) is 1.05. The second kappa shape index (κ2) is 8.13. The van der Waals surface area contributed by atoms with Crippen LogP contribution in [0.25, 0.3) is 0 Å². The van der Waals surface area contributed by atoms with E-state index in [1.165, 1.54) is 18.2 Å². The zero-order valence-corrected chi connectivity index (χ0v) is 14.3. The predicted molar refractivity (Wildman–Crippen MR) is 88.3 cm³/mol. The molecule has 0 aliphatic rings. The number of benzene rings is 2. The van der Waals surface area contributed by atoms with E-state index in [0.29, 0.717) is 11.1 Å². The Hall–Kier alpha value is -2.38. The zero-order valence-electron chi connectivity index (χ0n) is 12.7. The van der Waals surface area contributed by atoms with Gasteiger partial charge in [0.2, 0.25) is 0 Å². The van der Waals surface area contributed by atoms with Gasteiger partial charge in [0, 0.05) is 11.1 Å². The molecule has 2 rings (SSSR count). The van der Waals surface area contributed by atoms with Crippen molar-refractivity contribution in [1.82, 2.24) is 0 Å². The molecular formula is C16H11Cl2F2NO4. The predicted octanol–water partition coefficient (Wildman–Crippen LogP) is 4.08. The van der Waals surface area contributed by atoms with Crippen molar-refractivity contribution in [1.29, 1.82) is 0 Å². The molecule has 0 atom stereocenters. The molecule has 0 unspecified atom stereocenters. The number of halogens is 4. The van der Waals surface area contributed by atoms with E-state index in [2.05, 4.69) is 10.1 Å². The summed E-state index contributed by atoms with van der Waals surface area (Å²) in [6.45, 7) is -0.494. The van der Waals surface area contributed by atoms with Gasteiger partial charge in [0.05, 0.1) is 23.4 Å². The molecular weight excluding hydrogens is 379 g/mol. The average molecular weight is 390 g/mol. The lowest BCUT2D eigenvalue weighted by molar-refractivity contribution is -0.118. The van der Waals surface area contributed by atoms with Crippen molar-refractivity contribution in [2.45, 2.75) is 0 Å². The van der Waals surface area contributed by atoms with Gasteiger partial charge < -0.3 is 14.8 Å². The number of esters is 1. The Balaban J connectivity index is 2.08. The third kappa shape index (κ3) is 4.80. The number of carbonyl (C=O) groups excluding carboxylic acids is 2. The van der Waals surface area contributed by atoms with Crippen molar-refractivity contribution in [3.8, 4) is 5.75 Å². The van der Waals surface area contributed by atoms with Crippen LogP contribution in [0.5, 0.6) is 5.75 Å². The second-order valence-electron chi connectivity index (χ2n) is 4.72. The number of nitrogens with one attached hydrogen (secondary N) is 1. The van der Waals surface area contributed by atoms with Crippen molar-refractivity contribution >= 4 is 40.8 Å². The number of methoxy groups -OCH3 is 1. The van der Waals surface area contributed by atoms with Crippen LogP contribution in [0.4, 0.5) is 14.5 Å². The highest BCUT2D eigenvalue weighted by molar-refractivity contribution is 6.35. The molecule has 0 heterocycles. The van der Waals surface area contributed by atoms with Crippen molar-refractivity contribution in [2.24, 2.45) is 0 Å². The number of ether oxygens (including phenoxy) is 2. The fourth-order valence-electron chi connectivity index (χ4n) is 1.83. The van der Waals surface area contributed by atoms with Gasteiger partial charge in [-0.15, -0.1) is 0 Å². The lowest BCUT2D eigenvalue weighted by atomic mass is 10.1. The summed E-state index contributed by atoms with van der Waals surface area (Å²) in [5.41, 5.74) is -0.904. The maximum Gasteiger partial charge on any atom is 0.340 e. The first kappa shape index (κ1) is 19.0. The van der Waals surface area contributed by atoms with Crippen molar-refractivity contribution in [3.63, 3.8) is 0 Å². The van der Waals surface area contributed by atoms with Crippen LogP contribution in [0.2, 0.25) is 10.0 Å². The van der Waals surface area contributed by atoms with Gasteiger partial charge in [0.1, 0.15) is 17.4 Å². The Morgan fingerprint density at radius 1 is 1.12 bits per heavy atom. The van der Waals surface area contributed by atoms with Gasteiger partial charge in [0.25, 0.3) is 5.91 Å². The summed E-state index contributed by atoms with van der Waals surface area (Å²) >= 11 is 11.6. The van der Waals surface area contributed by atoms with Gasteiger partial charge in [-0.05, 0) is 24.3 Å². The second-order valence-corrected chi connectivity index (χ2v) is 5.56. The molecule has 0 fully saturated rings. The lowest BCUT2D eigenvalue weighted by Gasteiger charge is -2.11. The quantitative estimate of drug-likeness (QED) is 0.782. The molecule has 0 saturated carbocycles. The summed E-state index contributed by atoms with van der Waals surface area (Å²) in [6, 6.07) is 5.72. The Morgan fingerprint density at radius 3 is 2.48 bits per heavy atom. The van der Waals surface area contributed by atoms with E-state index < -0.39 is 41.4 Å². The molecule has 132 valence electrons. The van der Waals surface area contributed by atoms with Crippen LogP contribution in [-0.4, -0.2) is 25.6 Å². The van der Waals surface area contributed by atoms with Gasteiger partial charge >= 0.3 is 5.97 Å². The molecule has 0 bridgehead atoms. The summed E-state index contributed by atoms with van der Waals surface area (Å²) in [4.78, 5) is 23.3. The topological polar surface area (TPSA) is 64.6 Å². The van der Waals surface area contributed by atoms with Gasteiger partial charge in [-0.1, -0.05) is 23.2 Å². The first-order valence-corrected chi connectivity index (χ1v) is 7.52. The molecule has 0 aromatic heterocycles. The molecule has 5 nitrogen and oxygen atoms in total. The molecule has 0 aliphatic carbocycles. The van der Waals surface area contributed by atoms with Crippen molar-refractivity contribution < 1.29 is 27.8 Å². The minimum absolute atomic E-state index is 0.196. The van der Waals surface area contributed by atoms with Gasteiger partial charge in [0.15, 0.2) is 6.61 Å². The molecule has 0 saturated heterocycles. The molecule has 0 aliphatic heterocycles. The molecule has 2 aromatic carbocycles. The molecule has 0 spiro atoms. The minimum atomic E-state index is -1.11. The van der Waals surface area contributed by atoms with Crippen LogP contribution < -0.4 is 10.1 Å². The monoisotopic (exact) mass is 389 g/mol. The first-order valence-electron chi connectivity index (χ1n) is 6.77. The largest absolute Gasteiger partial charge is 0.482 e. The lowest BCUT2D eigenvalue weighted by Crippen LogP contribution is -2.21. The zero-order chi connectivity index (χ0) is 18.6. The molecule has 25 heavy (non-hydrogen) atoms. The van der Waals surface area contributed by atoms with E-state index >= 15 is 0 Å². The highest BCUT2D eigenvalue weighted by atomic mass is 35.5. The van der Waals surface area contributed by atoms with Crippen LogP contribution in [0.1, 0.15) is 10.4 Å². The van der Waals surface area contributed by atoms with Crippen molar-refractivity contribution in [3.05, 3.63) is 57.6 Å². The number of carbonyl (C=O) groups is 2. The number of anilines is 1. The molecule has 1 N–H and O–H groups in total. The maximum atomic E-state index is 13.7. The fraction of sp³-hybridized carbons (Fsp3) is 0.125. The van der Waals surface area contributed by atoms with Crippen LogP contribution in [0, 0.1) is 11.6 Å². The van der Waals surface area contributed by atoms with Gasteiger partial charge in [-0.25, -0.2) is 13.6 Å². The summed E-state index contributed by atoms with van der Waals surface area (Å²) in [5, 5.41) is 2.76. The maximum absolute atomic E-state index is 13.7. The smallest absolute Gasteiger partial charge is 0.340 e. The fourth-order valence-corrected chi connectivity index (χ4v) is 2.30. The molecule has 1 amide bonds. The third-order valence-electron chi connectivity index (χ3n) is 2.99. The Labute approximate surface area is 151 Å². The number of hydrogen-bond acceptors (Lipinski definition) is 4. The minimum Gasteiger partial charge on any atom is -0.482 e. The standard InChI is InChI=1S/C16H11Cl2F2NO4/c1-24-16(23)9-5-13(12(20)6-11(9)19)21-15(22)7-25-14-3-2-8(17)4-10(14)18/h2-6H,7H2,1H3,(H,21,22). The Morgan fingerprint density at radius 2 is 1.84 bits per heavy atom. The molecule has 2 aromatic rings. The number of hydrogen-bond donors (Lipinski definition) is 1. The van der Waals surface area contributed by atoms with Crippen LogP contribution in [0.3, 0.4) is 0 Å². The summed E-state index contributed by atoms with van der Waals surface area (Å²) in [6.07, 6.45) is 0. The first-order chi connectivity index (χ1) is 11.8. The highest BCUT2D eigenvalue weighted by Gasteiger charge is 2.18. The van der Waals surface area contributed by atoms with E-state index in [9.17, 15) is 18.4 Å². The Kier molecular flexibility index (Phi) is 6.17. The number of amides is 1. The van der Waals surface area contributed by atoms with E-state index in [-0.39, 0.29) is 10.8 Å². The van der Waals surface area contributed by atoms with E-state index in [1.807, 2.05) is 0 Å². The molecule has 0 radical (unpaired) electrons. The average Bonchev–Trinajstić information content (AvgIpc) is 2.55. The number of rotatable bonds is 5. The van der Waals surface area contributed by atoms with E-state index in [4.69, 9.17) is 27.9 Å². The van der Waals surface area contributed by atoms with Gasteiger partial charge in [-0.3, -0.25) is 4.79 Å². The summed E-state index contributed by atoms with van der Waals surface area (Å²) < 4.78 is 36.9. The normalized spacial score (nSPS) is 10.3. The van der Waals surface area contributed by atoms with Gasteiger partial charge in [-0.2, -0.15) is 0 Å². The SMILES string of the molecule is COC(=O)c1cc(NC(=O)COc2ccc(Cl)cc2Cl)c(F)cc1F. The third-order valence-corrected chi connectivity index (χ3v) is 3.52. The van der Waals surface area contributed by atoms with E-state index in [0.717, 1.165) is 13.2 Å². The molecule has 9 heteroatoms. The van der Waals surface area contributed by atoms with E-state index in [1.54, 1.807) is 0 Å². The highest BCUT2D eigenvalue weighted by Crippen LogP contribution is 2.27. The van der Waals surface area contributed by atoms with Crippen LogP contribution in [0.15, 0.2) is 30.3 Å². The van der Waals surface area contributed by atoms with Crippen LogP contribution in [-0.2, 0) is 9.53 Å². The van der Waals surface area contributed by atoms with Crippen LogP contribution >= 0.6 is 23.2 Å². The van der Waals surface area contributed by atoms with Crippen molar-refractivity contribution in [2.75, 3.05) is 19.0 Å². The Bertz CT molecular complexity index is 830. The summed E-state index contributed by atoms with van der Waals surface area (Å²) in [5.74, 6) is -3.70.